The molecule has 244 valence electrons. The van der Waals surface area contributed by atoms with Gasteiger partial charge in [0.1, 0.15) is 6.04 Å². The molecule has 5 N–H and O–H groups in total. The van der Waals surface area contributed by atoms with Crippen LogP contribution in [0.4, 0.5) is 5.69 Å². The minimum Gasteiger partial charge on any atom is -0.377 e. The number of benzene rings is 3. The average Bonchev–Trinajstić information content (AvgIpc) is 3.49. The van der Waals surface area contributed by atoms with E-state index < -0.39 is 16.1 Å². The van der Waals surface area contributed by atoms with Gasteiger partial charge in [0.15, 0.2) is 16.8 Å². The highest BCUT2D eigenvalue weighted by atomic mass is 32.2. The lowest BCUT2D eigenvalue weighted by atomic mass is 9.95. The summed E-state index contributed by atoms with van der Waals surface area (Å²) in [5, 5.41) is 12.0. The second-order valence-corrected chi connectivity index (χ2v) is 14.5. The normalized spacial score (nSPS) is 16.0. The molecular weight excluding hydrogens is 623 g/mol. The van der Waals surface area contributed by atoms with Gasteiger partial charge >= 0.3 is 0 Å². The lowest BCUT2D eigenvalue weighted by molar-refractivity contribution is -0.137. The summed E-state index contributed by atoms with van der Waals surface area (Å²) in [7, 11) is -0.317. The fourth-order valence-corrected chi connectivity index (χ4v) is 8.47. The van der Waals surface area contributed by atoms with Crippen LogP contribution in [0, 0.1) is 5.41 Å². The number of aromatic nitrogens is 1. The molecule has 1 aliphatic rings. The van der Waals surface area contributed by atoms with Crippen molar-refractivity contribution in [3.8, 4) is 0 Å². The Morgan fingerprint density at radius 3 is 2.61 bits per heavy atom. The SMILES string of the molecule is CN(C)c1cccc2c(S(=O)(=O)NC(CCCNC(=N)N)C(=O)N3CCCCC3CCC(=O)c3nc4ccccc4s3)cccc12. The van der Waals surface area contributed by atoms with Gasteiger partial charge in [-0.15, -0.1) is 11.3 Å². The zero-order valence-electron chi connectivity index (χ0n) is 26.2. The number of nitrogens with two attached hydrogens (primary N) is 1. The van der Waals surface area contributed by atoms with Crippen LogP contribution in [0.15, 0.2) is 65.6 Å². The van der Waals surface area contributed by atoms with Crippen molar-refractivity contribution in [3.05, 3.63) is 65.7 Å². The number of amides is 1. The smallest absolute Gasteiger partial charge is 0.241 e. The topological polar surface area (TPSA) is 162 Å². The molecule has 3 aromatic carbocycles. The molecular formula is C33H41N7O4S2. The number of anilines is 1. The first-order valence-electron chi connectivity index (χ1n) is 15.5. The minimum absolute atomic E-state index is 0.0558. The first-order chi connectivity index (χ1) is 22.0. The van der Waals surface area contributed by atoms with Crippen molar-refractivity contribution in [2.24, 2.45) is 5.73 Å². The molecule has 5 rings (SSSR count). The van der Waals surface area contributed by atoms with Crippen molar-refractivity contribution in [1.29, 1.82) is 5.41 Å². The van der Waals surface area contributed by atoms with Crippen molar-refractivity contribution < 1.29 is 18.0 Å². The molecule has 0 radical (unpaired) electrons. The van der Waals surface area contributed by atoms with Crippen LogP contribution in [0.1, 0.15) is 54.7 Å². The second-order valence-electron chi connectivity index (χ2n) is 11.8. The fourth-order valence-electron chi connectivity index (χ4n) is 6.09. The number of nitrogens with zero attached hydrogens (tertiary/aromatic N) is 3. The number of guanidine groups is 1. The monoisotopic (exact) mass is 663 g/mol. The summed E-state index contributed by atoms with van der Waals surface area (Å²) >= 11 is 1.37. The maximum Gasteiger partial charge on any atom is 0.241 e. The van der Waals surface area contributed by atoms with Gasteiger partial charge in [-0.05, 0) is 62.8 Å². The molecule has 1 amide bonds. The van der Waals surface area contributed by atoms with E-state index >= 15 is 0 Å². The van der Waals surface area contributed by atoms with Crippen molar-refractivity contribution in [3.63, 3.8) is 0 Å². The summed E-state index contributed by atoms with van der Waals surface area (Å²) in [6.07, 6.45) is 3.80. The fraction of sp³-hybridized carbons (Fsp3) is 0.394. The largest absolute Gasteiger partial charge is 0.377 e. The maximum absolute atomic E-state index is 14.2. The average molecular weight is 664 g/mol. The van der Waals surface area contributed by atoms with E-state index in [1.807, 2.05) is 61.5 Å². The lowest BCUT2D eigenvalue weighted by Gasteiger charge is -2.38. The van der Waals surface area contributed by atoms with Crippen molar-refractivity contribution in [1.82, 2.24) is 19.9 Å². The molecule has 1 aliphatic heterocycles. The third-order valence-electron chi connectivity index (χ3n) is 8.36. The number of nitrogens with one attached hydrogen (secondary N) is 3. The Hall–Kier alpha value is -4.07. The molecule has 0 aliphatic carbocycles. The van der Waals surface area contributed by atoms with Gasteiger partial charge in [0.2, 0.25) is 15.9 Å². The van der Waals surface area contributed by atoms with Crippen LogP contribution >= 0.6 is 11.3 Å². The third-order valence-corrected chi connectivity index (χ3v) is 11.0. The summed E-state index contributed by atoms with van der Waals surface area (Å²) in [5.41, 5.74) is 7.12. The van der Waals surface area contributed by atoms with Gasteiger partial charge < -0.3 is 20.9 Å². The van der Waals surface area contributed by atoms with E-state index in [4.69, 9.17) is 11.1 Å². The van der Waals surface area contributed by atoms with Gasteiger partial charge in [0.25, 0.3) is 0 Å². The van der Waals surface area contributed by atoms with Crippen LogP contribution < -0.4 is 20.7 Å². The standard InChI is InChI=1S/C33H41N7O4S2/c1-39(2)27-15-7-12-24-23(27)11-8-17-30(24)46(43,44)38-26(14-9-20-36-33(34)35)32(42)40-21-6-5-10-22(40)18-19-28(41)31-37-25-13-3-4-16-29(25)45-31/h3-4,7-8,11-13,15-17,22,26,38H,5-6,9-10,14,18-21H2,1-2H3,(H4,34,35,36). The highest BCUT2D eigenvalue weighted by molar-refractivity contribution is 7.89. The van der Waals surface area contributed by atoms with Crippen molar-refractivity contribution in [2.45, 2.75) is 61.9 Å². The van der Waals surface area contributed by atoms with Gasteiger partial charge in [-0.1, -0.05) is 36.4 Å². The number of carbonyl (C=O) groups is 2. The molecule has 13 heteroatoms. The van der Waals surface area contributed by atoms with Gasteiger partial charge in [-0.25, -0.2) is 13.4 Å². The van der Waals surface area contributed by atoms with Crippen LogP contribution in [0.25, 0.3) is 21.0 Å². The molecule has 2 unspecified atom stereocenters. The van der Waals surface area contributed by atoms with Crippen molar-refractivity contribution in [2.75, 3.05) is 32.1 Å². The van der Waals surface area contributed by atoms with Gasteiger partial charge in [-0.2, -0.15) is 4.72 Å². The Morgan fingerprint density at radius 1 is 1.09 bits per heavy atom. The van der Waals surface area contributed by atoms with Crippen LogP contribution in [-0.2, 0) is 14.8 Å². The molecule has 1 saturated heterocycles. The molecule has 0 bridgehead atoms. The van der Waals surface area contributed by atoms with Crippen LogP contribution in [0.2, 0.25) is 0 Å². The van der Waals surface area contributed by atoms with Gasteiger partial charge in [0.05, 0.1) is 15.1 Å². The zero-order chi connectivity index (χ0) is 32.8. The molecule has 2 atom stereocenters. The molecule has 1 aromatic heterocycles. The highest BCUT2D eigenvalue weighted by Gasteiger charge is 2.34. The van der Waals surface area contributed by atoms with E-state index in [9.17, 15) is 18.0 Å². The number of hydrogen-bond donors (Lipinski definition) is 4. The number of piperidine rings is 1. The van der Waals surface area contributed by atoms with E-state index in [0.29, 0.717) is 36.3 Å². The minimum atomic E-state index is -4.12. The summed E-state index contributed by atoms with van der Waals surface area (Å²) < 4.78 is 31.7. The predicted molar refractivity (Wildman–Crippen MR) is 184 cm³/mol. The first-order valence-corrected chi connectivity index (χ1v) is 17.8. The van der Waals surface area contributed by atoms with Crippen LogP contribution in [0.3, 0.4) is 0 Å². The Bertz CT molecular complexity index is 1810. The Balaban J connectivity index is 1.36. The Morgan fingerprint density at radius 2 is 1.85 bits per heavy atom. The number of sulfonamides is 1. The number of hydrogen-bond acceptors (Lipinski definition) is 8. The molecule has 0 saturated carbocycles. The van der Waals surface area contributed by atoms with E-state index in [1.54, 1.807) is 23.1 Å². The number of fused-ring (bicyclic) bond motifs is 2. The summed E-state index contributed by atoms with van der Waals surface area (Å²) in [6, 6.07) is 17.1. The van der Waals surface area contributed by atoms with E-state index in [0.717, 1.165) is 40.6 Å². The lowest BCUT2D eigenvalue weighted by Crippen LogP contribution is -2.53. The molecule has 2 heterocycles. The summed E-state index contributed by atoms with van der Waals surface area (Å²) in [5.74, 6) is -0.553. The molecule has 11 nitrogen and oxygen atoms in total. The van der Waals surface area contributed by atoms with Crippen molar-refractivity contribution >= 4 is 65.7 Å². The number of ketones is 1. The molecule has 0 spiro atoms. The third kappa shape index (κ3) is 7.65. The van der Waals surface area contributed by atoms with Crippen LogP contribution in [-0.4, -0.2) is 75.2 Å². The van der Waals surface area contributed by atoms with E-state index in [2.05, 4.69) is 15.0 Å². The number of likely N-dealkylation sites (tertiary alicyclic amines) is 1. The number of para-hydroxylation sites is 1. The van der Waals surface area contributed by atoms with Gasteiger partial charge in [0, 0.05) is 56.1 Å². The summed E-state index contributed by atoms with van der Waals surface area (Å²) in [4.78, 5) is 35.6. The number of rotatable bonds is 13. The predicted octanol–water partition coefficient (Wildman–Crippen LogP) is 4.47. The molecule has 4 aromatic rings. The quantitative estimate of drug-likeness (QED) is 0.0705. The number of carbonyl (C=O) groups excluding carboxylic acids is 2. The Kier molecular flexibility index (Phi) is 10.5. The summed E-state index contributed by atoms with van der Waals surface area (Å²) in [6.45, 7) is 0.810. The maximum atomic E-state index is 14.2. The number of thiazole rings is 1. The van der Waals surface area contributed by atoms with E-state index in [-0.39, 0.29) is 41.4 Å². The first kappa shape index (κ1) is 33.3. The Labute approximate surface area is 273 Å². The van der Waals surface area contributed by atoms with E-state index in [1.165, 1.54) is 11.3 Å². The van der Waals surface area contributed by atoms with Gasteiger partial charge in [-0.3, -0.25) is 15.0 Å². The molecule has 1 fully saturated rings. The van der Waals surface area contributed by atoms with Crippen LogP contribution in [0.5, 0.6) is 0 Å². The second kappa shape index (κ2) is 14.6. The highest BCUT2D eigenvalue weighted by Crippen LogP contribution is 2.31. The number of Topliss-reactive ketones (excluding diaryl/α,β-unsaturated/α-hetero) is 1. The molecule has 46 heavy (non-hydrogen) atoms. The zero-order valence-corrected chi connectivity index (χ0v) is 27.8.